The molecule has 0 aromatic heterocycles. The lowest BCUT2D eigenvalue weighted by Gasteiger charge is -2.25. The van der Waals surface area contributed by atoms with Gasteiger partial charge in [0, 0.05) is 18.5 Å². The van der Waals surface area contributed by atoms with Crippen molar-refractivity contribution < 1.29 is 13.9 Å². The summed E-state index contributed by atoms with van der Waals surface area (Å²) in [6.45, 7) is 6.49. The van der Waals surface area contributed by atoms with Gasteiger partial charge in [-0.3, -0.25) is 0 Å². The van der Waals surface area contributed by atoms with Crippen LogP contribution >= 0.6 is 0 Å². The minimum Gasteiger partial charge on any atom is -0.414 e. The number of alkyl halides is 1. The molecule has 4 heteroatoms. The molecule has 1 amide bonds. The van der Waals surface area contributed by atoms with Crippen molar-refractivity contribution in [3.8, 4) is 0 Å². The fourth-order valence-electron chi connectivity index (χ4n) is 1.24. The van der Waals surface area contributed by atoms with Crippen LogP contribution in [0.4, 0.5) is 9.18 Å². The van der Waals surface area contributed by atoms with Crippen molar-refractivity contribution in [1.29, 1.82) is 0 Å². The number of carbonyl (C=O) groups is 1. The third-order valence-electron chi connectivity index (χ3n) is 2.25. The van der Waals surface area contributed by atoms with Crippen LogP contribution in [0, 0.1) is 5.41 Å². The van der Waals surface area contributed by atoms with E-state index >= 15 is 0 Å². The van der Waals surface area contributed by atoms with Gasteiger partial charge in [-0.1, -0.05) is 20.8 Å². The molecular weight excluding hydrogens is 185 g/mol. The molecule has 0 N–H and O–H groups in total. The molecule has 1 rings (SSSR count). The monoisotopic (exact) mass is 203 g/mol. The first-order valence-electron chi connectivity index (χ1n) is 5.01. The highest BCUT2D eigenvalue weighted by atomic mass is 19.1. The molecule has 0 aromatic carbocycles. The van der Waals surface area contributed by atoms with Crippen molar-refractivity contribution in [2.45, 2.75) is 40.0 Å². The minimum absolute atomic E-state index is 0.523. The quantitative estimate of drug-likeness (QED) is 0.655. The molecular formula is C10H18FNO2. The molecule has 14 heavy (non-hydrogen) atoms. The Labute approximate surface area is 84.2 Å². The number of hydrogen-bond acceptors (Lipinski definition) is 2. The van der Waals surface area contributed by atoms with Gasteiger partial charge in [0.1, 0.15) is 0 Å². The number of ether oxygens (including phenoxy) is 1. The molecule has 1 saturated heterocycles. The van der Waals surface area contributed by atoms with Crippen LogP contribution in [-0.2, 0) is 4.74 Å². The summed E-state index contributed by atoms with van der Waals surface area (Å²) in [5, 5.41) is 0. The molecule has 0 aromatic rings. The van der Waals surface area contributed by atoms with Crippen LogP contribution < -0.4 is 0 Å². The van der Waals surface area contributed by atoms with E-state index in [2.05, 4.69) is 0 Å². The van der Waals surface area contributed by atoms with Crippen LogP contribution in [-0.4, -0.2) is 30.4 Å². The Kier molecular flexibility index (Phi) is 3.34. The number of amides is 1. The van der Waals surface area contributed by atoms with Gasteiger partial charge in [0.05, 0.1) is 0 Å². The van der Waals surface area contributed by atoms with E-state index < -0.39 is 17.9 Å². The van der Waals surface area contributed by atoms with Gasteiger partial charge in [-0.15, -0.1) is 0 Å². The number of likely N-dealkylation sites (tertiary alicyclic amines) is 1. The number of halogens is 1. The summed E-state index contributed by atoms with van der Waals surface area (Å²) >= 11 is 0. The molecule has 0 spiro atoms. The number of hydrogen-bond donors (Lipinski definition) is 0. The molecule has 3 nitrogen and oxygen atoms in total. The van der Waals surface area contributed by atoms with Gasteiger partial charge in [0.2, 0.25) is 6.36 Å². The maximum absolute atomic E-state index is 13.3. The maximum Gasteiger partial charge on any atom is 0.412 e. The van der Waals surface area contributed by atoms with Crippen molar-refractivity contribution in [2.24, 2.45) is 5.41 Å². The fraction of sp³-hybridized carbons (Fsp3) is 0.900. The molecule has 0 bridgehead atoms. The van der Waals surface area contributed by atoms with Crippen molar-refractivity contribution in [3.05, 3.63) is 0 Å². The van der Waals surface area contributed by atoms with Crippen molar-refractivity contribution in [2.75, 3.05) is 13.1 Å². The van der Waals surface area contributed by atoms with E-state index in [-0.39, 0.29) is 0 Å². The van der Waals surface area contributed by atoms with Gasteiger partial charge >= 0.3 is 6.09 Å². The van der Waals surface area contributed by atoms with Crippen LogP contribution in [0.1, 0.15) is 33.6 Å². The van der Waals surface area contributed by atoms with Gasteiger partial charge < -0.3 is 9.64 Å². The smallest absolute Gasteiger partial charge is 0.412 e. The van der Waals surface area contributed by atoms with Crippen molar-refractivity contribution >= 4 is 6.09 Å². The highest BCUT2D eigenvalue weighted by Crippen LogP contribution is 2.24. The van der Waals surface area contributed by atoms with E-state index in [4.69, 9.17) is 4.74 Å². The van der Waals surface area contributed by atoms with Gasteiger partial charge in [0.25, 0.3) is 0 Å². The van der Waals surface area contributed by atoms with Crippen LogP contribution in [0.25, 0.3) is 0 Å². The molecule has 1 unspecified atom stereocenters. The summed E-state index contributed by atoms with van der Waals surface area (Å²) in [6, 6.07) is 0. The lowest BCUT2D eigenvalue weighted by atomic mass is 9.97. The van der Waals surface area contributed by atoms with E-state index in [0.717, 1.165) is 12.8 Å². The van der Waals surface area contributed by atoms with Crippen LogP contribution in [0.3, 0.4) is 0 Å². The molecule has 1 atom stereocenters. The molecule has 82 valence electrons. The Morgan fingerprint density at radius 1 is 1.36 bits per heavy atom. The maximum atomic E-state index is 13.3. The first-order chi connectivity index (χ1) is 6.41. The largest absolute Gasteiger partial charge is 0.414 e. The Hall–Kier alpha value is -0.800. The molecule has 1 heterocycles. The third-order valence-corrected chi connectivity index (χ3v) is 2.25. The second kappa shape index (κ2) is 4.15. The first kappa shape index (κ1) is 11.3. The minimum atomic E-state index is -1.53. The Morgan fingerprint density at radius 3 is 2.29 bits per heavy atom. The molecule has 1 fully saturated rings. The summed E-state index contributed by atoms with van der Waals surface area (Å²) in [5.41, 5.74) is -0.643. The molecule has 0 saturated carbocycles. The van der Waals surface area contributed by atoms with Crippen molar-refractivity contribution in [1.82, 2.24) is 4.90 Å². The Bertz CT molecular complexity index is 207. The summed E-state index contributed by atoms with van der Waals surface area (Å²) in [7, 11) is 0. The molecule has 1 aliphatic heterocycles. The van der Waals surface area contributed by atoms with Crippen LogP contribution in [0.15, 0.2) is 0 Å². The zero-order chi connectivity index (χ0) is 10.8. The van der Waals surface area contributed by atoms with Gasteiger partial charge in [-0.2, -0.15) is 0 Å². The van der Waals surface area contributed by atoms with E-state index in [1.807, 2.05) is 0 Å². The SMILES string of the molecule is CC(C)(C)C(F)OC(=O)N1CCCC1. The second-order valence-electron chi connectivity index (χ2n) is 4.76. The van der Waals surface area contributed by atoms with Gasteiger partial charge in [0.15, 0.2) is 0 Å². The zero-order valence-electron chi connectivity index (χ0n) is 9.05. The highest BCUT2D eigenvalue weighted by Gasteiger charge is 2.30. The molecule has 0 aliphatic carbocycles. The summed E-state index contributed by atoms with van der Waals surface area (Å²) in [4.78, 5) is 12.9. The molecule has 0 radical (unpaired) electrons. The van der Waals surface area contributed by atoms with E-state index in [0.29, 0.717) is 13.1 Å². The van der Waals surface area contributed by atoms with Gasteiger partial charge in [-0.05, 0) is 12.8 Å². The summed E-state index contributed by atoms with van der Waals surface area (Å²) in [5.74, 6) is 0. The fourth-order valence-corrected chi connectivity index (χ4v) is 1.24. The number of rotatable bonds is 1. The zero-order valence-corrected chi connectivity index (χ0v) is 9.05. The number of carbonyl (C=O) groups excluding carboxylic acids is 1. The van der Waals surface area contributed by atoms with E-state index in [9.17, 15) is 9.18 Å². The highest BCUT2D eigenvalue weighted by molar-refractivity contribution is 5.68. The normalized spacial score (nSPS) is 19.6. The molecule has 1 aliphatic rings. The van der Waals surface area contributed by atoms with Crippen LogP contribution in [0.2, 0.25) is 0 Å². The Balaban J connectivity index is 2.40. The average Bonchev–Trinajstić information content (AvgIpc) is 2.53. The predicted molar refractivity (Wildman–Crippen MR) is 51.6 cm³/mol. The predicted octanol–water partition coefficient (Wildman–Crippen LogP) is 2.56. The van der Waals surface area contributed by atoms with Crippen LogP contribution in [0.5, 0.6) is 0 Å². The summed E-state index contributed by atoms with van der Waals surface area (Å²) < 4.78 is 18.1. The lowest BCUT2D eigenvalue weighted by Crippen LogP contribution is -2.35. The summed E-state index contributed by atoms with van der Waals surface area (Å²) in [6.07, 6.45) is -0.0797. The third kappa shape index (κ3) is 2.86. The van der Waals surface area contributed by atoms with E-state index in [1.54, 1.807) is 25.7 Å². The topological polar surface area (TPSA) is 29.5 Å². The van der Waals surface area contributed by atoms with Gasteiger partial charge in [-0.25, -0.2) is 9.18 Å². The lowest BCUT2D eigenvalue weighted by molar-refractivity contribution is -0.0682. The first-order valence-corrected chi connectivity index (χ1v) is 5.01. The second-order valence-corrected chi connectivity index (χ2v) is 4.76. The number of nitrogens with zero attached hydrogens (tertiary/aromatic N) is 1. The standard InChI is InChI=1S/C10H18FNO2/c1-10(2,3)8(11)14-9(13)12-6-4-5-7-12/h8H,4-7H2,1-3H3. The Morgan fingerprint density at radius 2 is 1.86 bits per heavy atom. The average molecular weight is 203 g/mol. The van der Waals surface area contributed by atoms with E-state index in [1.165, 1.54) is 0 Å². The van der Waals surface area contributed by atoms with Crippen molar-refractivity contribution in [3.63, 3.8) is 0 Å².